The van der Waals surface area contributed by atoms with Crippen LogP contribution in [0.4, 0.5) is 5.69 Å². The lowest BCUT2D eigenvalue weighted by molar-refractivity contribution is 0.0923. The van der Waals surface area contributed by atoms with Crippen molar-refractivity contribution < 1.29 is 13.2 Å². The van der Waals surface area contributed by atoms with Crippen LogP contribution in [-0.2, 0) is 10.0 Å². The molecule has 0 aliphatic heterocycles. The molecule has 1 N–H and O–H groups in total. The van der Waals surface area contributed by atoms with E-state index in [1.807, 2.05) is 0 Å². The maximum atomic E-state index is 12.7. The van der Waals surface area contributed by atoms with Crippen molar-refractivity contribution in [3.63, 3.8) is 0 Å². The first-order valence-electron chi connectivity index (χ1n) is 9.40. The van der Waals surface area contributed by atoms with Gasteiger partial charge in [-0.1, -0.05) is 24.6 Å². The number of benzene rings is 2. The van der Waals surface area contributed by atoms with Gasteiger partial charge in [0.15, 0.2) is 0 Å². The van der Waals surface area contributed by atoms with Gasteiger partial charge in [0.2, 0.25) is 0 Å². The van der Waals surface area contributed by atoms with E-state index in [1.54, 1.807) is 54.6 Å². The van der Waals surface area contributed by atoms with Gasteiger partial charge in [-0.2, -0.15) is 0 Å². The van der Waals surface area contributed by atoms with E-state index in [2.05, 4.69) is 5.32 Å². The van der Waals surface area contributed by atoms with Crippen LogP contribution in [0.3, 0.4) is 0 Å². The number of nitrogens with one attached hydrogen (secondary N) is 1. The second-order valence-electron chi connectivity index (χ2n) is 7.59. The van der Waals surface area contributed by atoms with E-state index in [4.69, 9.17) is 0 Å². The normalized spacial score (nSPS) is 24.0. The van der Waals surface area contributed by atoms with Crippen LogP contribution in [0.5, 0.6) is 0 Å². The summed E-state index contributed by atoms with van der Waals surface area (Å²) < 4.78 is 26.6. The highest BCUT2D eigenvalue weighted by Gasteiger charge is 2.40. The van der Waals surface area contributed by atoms with Gasteiger partial charge < -0.3 is 5.32 Å². The molecule has 2 aliphatic carbocycles. The lowest BCUT2D eigenvalue weighted by atomic mass is 9.95. The number of anilines is 1. The van der Waals surface area contributed by atoms with E-state index in [1.165, 1.54) is 30.6 Å². The highest BCUT2D eigenvalue weighted by molar-refractivity contribution is 7.92. The molecule has 2 bridgehead atoms. The van der Waals surface area contributed by atoms with Crippen molar-refractivity contribution in [2.45, 2.75) is 36.6 Å². The van der Waals surface area contributed by atoms with E-state index < -0.39 is 10.0 Å². The smallest absolute Gasteiger partial charge is 0.264 e. The third-order valence-corrected chi connectivity index (χ3v) is 7.75. The summed E-state index contributed by atoms with van der Waals surface area (Å²) >= 11 is 0. The Morgan fingerprint density at radius 1 is 1.00 bits per heavy atom. The van der Waals surface area contributed by atoms with Crippen molar-refractivity contribution in [2.24, 2.45) is 11.8 Å². The number of hydrogen-bond acceptors (Lipinski definition) is 3. The number of carbonyl (C=O) groups excluding carboxylic acids is 1. The molecular weight excluding hydrogens is 360 g/mol. The zero-order valence-electron chi connectivity index (χ0n) is 15.3. The molecule has 2 fully saturated rings. The second-order valence-corrected chi connectivity index (χ2v) is 9.56. The minimum atomic E-state index is -3.62. The molecule has 142 valence electrons. The van der Waals surface area contributed by atoms with Gasteiger partial charge in [0.05, 0.1) is 10.6 Å². The zero-order chi connectivity index (χ0) is 19.0. The first-order chi connectivity index (χ1) is 12.9. The molecule has 0 aromatic heterocycles. The Labute approximate surface area is 160 Å². The van der Waals surface area contributed by atoms with Crippen molar-refractivity contribution in [2.75, 3.05) is 11.4 Å². The summed E-state index contributed by atoms with van der Waals surface area (Å²) in [7, 11) is -2.10. The van der Waals surface area contributed by atoms with E-state index >= 15 is 0 Å². The number of nitrogens with zero attached hydrogens (tertiary/aromatic N) is 1. The largest absolute Gasteiger partial charge is 0.349 e. The lowest BCUT2D eigenvalue weighted by Gasteiger charge is -2.23. The SMILES string of the molecule is CN(c1ccc(C(=O)N[C@@H]2C[C@H]3CC[C@H]2C3)cc1)S(=O)(=O)c1ccccc1. The van der Waals surface area contributed by atoms with Gasteiger partial charge in [-0.05, 0) is 67.5 Å². The van der Waals surface area contributed by atoms with Gasteiger partial charge in [0, 0.05) is 18.7 Å². The number of fused-ring (bicyclic) bond motifs is 2. The maximum Gasteiger partial charge on any atom is 0.264 e. The van der Waals surface area contributed by atoms with Crippen LogP contribution >= 0.6 is 0 Å². The minimum absolute atomic E-state index is 0.0762. The fraction of sp³-hybridized carbons (Fsp3) is 0.381. The van der Waals surface area contributed by atoms with Crippen molar-refractivity contribution in [3.8, 4) is 0 Å². The fourth-order valence-corrected chi connectivity index (χ4v) is 5.60. The molecule has 0 spiro atoms. The Morgan fingerprint density at radius 3 is 2.30 bits per heavy atom. The summed E-state index contributed by atoms with van der Waals surface area (Å²) in [6, 6.07) is 15.3. The van der Waals surface area contributed by atoms with Crippen LogP contribution in [0, 0.1) is 11.8 Å². The first kappa shape index (κ1) is 18.0. The van der Waals surface area contributed by atoms with Crippen LogP contribution in [0.2, 0.25) is 0 Å². The summed E-state index contributed by atoms with van der Waals surface area (Å²) in [5, 5.41) is 3.16. The van der Waals surface area contributed by atoms with Gasteiger partial charge in [-0.25, -0.2) is 8.42 Å². The molecule has 0 radical (unpaired) electrons. The van der Waals surface area contributed by atoms with Gasteiger partial charge >= 0.3 is 0 Å². The Hall–Kier alpha value is -2.34. The van der Waals surface area contributed by atoms with Crippen molar-refractivity contribution >= 4 is 21.6 Å². The third kappa shape index (κ3) is 3.46. The van der Waals surface area contributed by atoms with Gasteiger partial charge in [0.1, 0.15) is 0 Å². The highest BCUT2D eigenvalue weighted by Crippen LogP contribution is 2.44. The molecule has 2 aromatic rings. The summed E-state index contributed by atoms with van der Waals surface area (Å²) in [5.41, 5.74) is 1.09. The summed E-state index contributed by atoms with van der Waals surface area (Å²) in [4.78, 5) is 12.8. The first-order valence-corrected chi connectivity index (χ1v) is 10.8. The Kier molecular flexibility index (Phi) is 4.68. The quantitative estimate of drug-likeness (QED) is 0.859. The van der Waals surface area contributed by atoms with Gasteiger partial charge in [-0.15, -0.1) is 0 Å². The molecule has 5 nitrogen and oxygen atoms in total. The van der Waals surface area contributed by atoms with Crippen LogP contribution in [-0.4, -0.2) is 27.4 Å². The predicted molar refractivity (Wildman–Crippen MR) is 105 cm³/mol. The molecule has 27 heavy (non-hydrogen) atoms. The van der Waals surface area contributed by atoms with Crippen molar-refractivity contribution in [1.29, 1.82) is 0 Å². The predicted octanol–water partition coefficient (Wildman–Crippen LogP) is 3.43. The monoisotopic (exact) mass is 384 g/mol. The molecular formula is C21H24N2O3S. The zero-order valence-corrected chi connectivity index (χ0v) is 16.2. The average molecular weight is 385 g/mol. The summed E-state index contributed by atoms with van der Waals surface area (Å²) in [5.74, 6) is 1.33. The summed E-state index contributed by atoms with van der Waals surface area (Å²) in [6.45, 7) is 0. The molecule has 2 saturated carbocycles. The molecule has 1 amide bonds. The Balaban J connectivity index is 1.46. The number of hydrogen-bond donors (Lipinski definition) is 1. The molecule has 6 heteroatoms. The molecule has 2 aromatic carbocycles. The van der Waals surface area contributed by atoms with Crippen molar-refractivity contribution in [1.82, 2.24) is 5.32 Å². The van der Waals surface area contributed by atoms with Gasteiger partial charge in [0.25, 0.3) is 15.9 Å². The highest BCUT2D eigenvalue weighted by atomic mass is 32.2. The molecule has 0 saturated heterocycles. The molecule has 3 atom stereocenters. The van der Waals surface area contributed by atoms with Gasteiger partial charge in [-0.3, -0.25) is 9.10 Å². The number of rotatable bonds is 5. The number of amides is 1. The average Bonchev–Trinajstić information content (AvgIpc) is 3.31. The topological polar surface area (TPSA) is 66.5 Å². The minimum Gasteiger partial charge on any atom is -0.349 e. The fourth-order valence-electron chi connectivity index (χ4n) is 4.39. The van der Waals surface area contributed by atoms with Crippen LogP contribution in [0.15, 0.2) is 59.5 Å². The lowest BCUT2D eigenvalue weighted by Crippen LogP contribution is -2.38. The molecule has 2 aliphatic rings. The van der Waals surface area contributed by atoms with Crippen LogP contribution in [0.25, 0.3) is 0 Å². The van der Waals surface area contributed by atoms with E-state index in [0.717, 1.165) is 12.3 Å². The standard InChI is InChI=1S/C21H24N2O3S/c1-23(27(25,26)19-5-3-2-4-6-19)18-11-9-16(10-12-18)21(24)22-20-14-15-7-8-17(20)13-15/h2-6,9-12,15,17,20H,7-8,13-14H2,1H3,(H,22,24)/t15-,17-,20+/m0/s1. The Morgan fingerprint density at radius 2 is 1.70 bits per heavy atom. The van der Waals surface area contributed by atoms with E-state index in [9.17, 15) is 13.2 Å². The Bertz CT molecular complexity index is 926. The maximum absolute atomic E-state index is 12.7. The third-order valence-electron chi connectivity index (χ3n) is 5.95. The summed E-state index contributed by atoms with van der Waals surface area (Å²) in [6.07, 6.45) is 4.85. The van der Waals surface area contributed by atoms with E-state index in [-0.39, 0.29) is 16.8 Å². The van der Waals surface area contributed by atoms with E-state index in [0.29, 0.717) is 17.2 Å². The molecule has 0 unspecified atom stereocenters. The molecule has 4 rings (SSSR count). The van der Waals surface area contributed by atoms with Crippen LogP contribution in [0.1, 0.15) is 36.0 Å². The number of carbonyl (C=O) groups is 1. The van der Waals surface area contributed by atoms with Crippen molar-refractivity contribution in [3.05, 3.63) is 60.2 Å². The molecule has 0 heterocycles. The second kappa shape index (κ2) is 7.00. The number of sulfonamides is 1. The van der Waals surface area contributed by atoms with Crippen LogP contribution < -0.4 is 9.62 Å².